The molecule has 0 aliphatic heterocycles. The van der Waals surface area contributed by atoms with Crippen molar-refractivity contribution >= 4 is 11.7 Å². The van der Waals surface area contributed by atoms with E-state index in [1.807, 2.05) is 6.07 Å². The van der Waals surface area contributed by atoms with E-state index < -0.39 is 11.7 Å². The standard InChI is InChI=1S/C16H16F3N3O/c1-20-15(23)12-5-2-4-11(10-12)7-9-22-14-13(16(17,18)19)6-3-8-21-14/h2-6,8,10H,7,9H2,1H3,(H,20,23)(H,21,22). The minimum absolute atomic E-state index is 0.192. The van der Waals surface area contributed by atoms with Crippen molar-refractivity contribution < 1.29 is 18.0 Å². The molecular weight excluding hydrogens is 307 g/mol. The van der Waals surface area contributed by atoms with Crippen LogP contribution >= 0.6 is 0 Å². The number of aromatic nitrogens is 1. The summed E-state index contributed by atoms with van der Waals surface area (Å²) in [6.07, 6.45) is -2.67. The zero-order valence-electron chi connectivity index (χ0n) is 12.4. The van der Waals surface area contributed by atoms with Crippen molar-refractivity contribution in [1.82, 2.24) is 10.3 Å². The number of pyridine rings is 1. The van der Waals surface area contributed by atoms with Gasteiger partial charge in [0.25, 0.3) is 5.91 Å². The largest absolute Gasteiger partial charge is 0.419 e. The highest BCUT2D eigenvalue weighted by Crippen LogP contribution is 2.33. The first kappa shape index (κ1) is 16.8. The lowest BCUT2D eigenvalue weighted by molar-refractivity contribution is -0.137. The molecule has 0 unspecified atom stereocenters. The Hall–Kier alpha value is -2.57. The fraction of sp³-hybridized carbons (Fsp3) is 0.250. The highest BCUT2D eigenvalue weighted by atomic mass is 19.4. The SMILES string of the molecule is CNC(=O)c1cccc(CCNc2ncccc2C(F)(F)F)c1. The Labute approximate surface area is 131 Å². The van der Waals surface area contributed by atoms with E-state index in [9.17, 15) is 18.0 Å². The van der Waals surface area contributed by atoms with Crippen LogP contribution in [0.4, 0.5) is 19.0 Å². The molecule has 0 fully saturated rings. The summed E-state index contributed by atoms with van der Waals surface area (Å²) in [5.74, 6) is -0.397. The maximum atomic E-state index is 12.9. The van der Waals surface area contributed by atoms with Crippen LogP contribution in [-0.4, -0.2) is 24.5 Å². The Morgan fingerprint density at radius 1 is 1.22 bits per heavy atom. The summed E-state index contributed by atoms with van der Waals surface area (Å²) in [5.41, 5.74) is 0.570. The smallest absolute Gasteiger partial charge is 0.369 e. The second-order valence-corrected chi connectivity index (χ2v) is 4.85. The van der Waals surface area contributed by atoms with E-state index in [1.165, 1.54) is 19.3 Å². The fourth-order valence-electron chi connectivity index (χ4n) is 2.11. The first-order valence-electron chi connectivity index (χ1n) is 6.99. The summed E-state index contributed by atoms with van der Waals surface area (Å²) in [4.78, 5) is 15.3. The summed E-state index contributed by atoms with van der Waals surface area (Å²) in [6, 6.07) is 9.18. The summed E-state index contributed by atoms with van der Waals surface area (Å²) < 4.78 is 38.6. The third kappa shape index (κ3) is 4.45. The number of carbonyl (C=O) groups is 1. The van der Waals surface area contributed by atoms with Gasteiger partial charge in [0.1, 0.15) is 5.82 Å². The number of amides is 1. The van der Waals surface area contributed by atoms with Gasteiger partial charge in [-0.2, -0.15) is 13.2 Å². The van der Waals surface area contributed by atoms with E-state index >= 15 is 0 Å². The van der Waals surface area contributed by atoms with Crippen LogP contribution in [0.5, 0.6) is 0 Å². The Kier molecular flexibility index (Phi) is 5.20. The number of alkyl halides is 3. The third-order valence-corrected chi connectivity index (χ3v) is 3.24. The first-order chi connectivity index (χ1) is 10.9. The molecule has 1 aromatic carbocycles. The van der Waals surface area contributed by atoms with Gasteiger partial charge in [0.2, 0.25) is 0 Å². The molecule has 1 amide bonds. The van der Waals surface area contributed by atoms with E-state index in [4.69, 9.17) is 0 Å². The molecule has 0 radical (unpaired) electrons. The van der Waals surface area contributed by atoms with E-state index in [2.05, 4.69) is 15.6 Å². The molecule has 23 heavy (non-hydrogen) atoms. The average molecular weight is 323 g/mol. The molecule has 122 valence electrons. The molecular formula is C16H16F3N3O. The number of hydrogen-bond donors (Lipinski definition) is 2. The lowest BCUT2D eigenvalue weighted by atomic mass is 10.1. The van der Waals surface area contributed by atoms with Gasteiger partial charge in [-0.3, -0.25) is 4.79 Å². The lowest BCUT2D eigenvalue weighted by Gasteiger charge is -2.13. The van der Waals surface area contributed by atoms with Gasteiger partial charge in [-0.1, -0.05) is 12.1 Å². The van der Waals surface area contributed by atoms with Crippen LogP contribution in [-0.2, 0) is 12.6 Å². The van der Waals surface area contributed by atoms with Crippen molar-refractivity contribution in [3.05, 3.63) is 59.3 Å². The minimum Gasteiger partial charge on any atom is -0.369 e. The van der Waals surface area contributed by atoms with Gasteiger partial charge < -0.3 is 10.6 Å². The molecule has 0 aliphatic rings. The number of benzene rings is 1. The predicted molar refractivity (Wildman–Crippen MR) is 81.3 cm³/mol. The van der Waals surface area contributed by atoms with Crippen LogP contribution in [0, 0.1) is 0 Å². The Balaban J connectivity index is 2.02. The normalized spacial score (nSPS) is 11.1. The molecule has 7 heteroatoms. The molecule has 0 atom stereocenters. The van der Waals surface area contributed by atoms with Gasteiger partial charge in [0.15, 0.2) is 0 Å². The van der Waals surface area contributed by atoms with E-state index in [-0.39, 0.29) is 18.3 Å². The second-order valence-electron chi connectivity index (χ2n) is 4.85. The van der Waals surface area contributed by atoms with Gasteiger partial charge in [0, 0.05) is 25.4 Å². The summed E-state index contributed by atoms with van der Waals surface area (Å²) >= 11 is 0. The van der Waals surface area contributed by atoms with E-state index in [0.29, 0.717) is 12.0 Å². The highest BCUT2D eigenvalue weighted by Gasteiger charge is 2.33. The maximum absolute atomic E-state index is 12.9. The van der Waals surface area contributed by atoms with Crippen molar-refractivity contribution in [1.29, 1.82) is 0 Å². The summed E-state index contributed by atoms with van der Waals surface area (Å²) in [7, 11) is 1.54. The van der Waals surface area contributed by atoms with Crippen molar-refractivity contribution in [3.63, 3.8) is 0 Å². The molecule has 2 aromatic rings. The minimum atomic E-state index is -4.45. The molecule has 4 nitrogen and oxygen atoms in total. The highest BCUT2D eigenvalue weighted by molar-refractivity contribution is 5.94. The Bertz CT molecular complexity index is 686. The predicted octanol–water partition coefficient (Wildman–Crippen LogP) is 3.11. The average Bonchev–Trinajstić information content (AvgIpc) is 2.54. The molecule has 1 heterocycles. The van der Waals surface area contributed by atoms with Gasteiger partial charge in [-0.05, 0) is 36.2 Å². The number of hydrogen-bond acceptors (Lipinski definition) is 3. The Morgan fingerprint density at radius 3 is 2.70 bits per heavy atom. The van der Waals surface area contributed by atoms with E-state index in [0.717, 1.165) is 11.6 Å². The van der Waals surface area contributed by atoms with Crippen LogP contribution in [0.1, 0.15) is 21.5 Å². The van der Waals surface area contributed by atoms with Gasteiger partial charge in [0.05, 0.1) is 5.56 Å². The molecule has 0 spiro atoms. The number of nitrogens with one attached hydrogen (secondary N) is 2. The quantitative estimate of drug-likeness (QED) is 0.889. The van der Waals surface area contributed by atoms with Crippen molar-refractivity contribution in [2.75, 3.05) is 18.9 Å². The molecule has 0 saturated carbocycles. The maximum Gasteiger partial charge on any atom is 0.419 e. The summed E-state index contributed by atoms with van der Waals surface area (Å²) in [5, 5.41) is 5.22. The van der Waals surface area contributed by atoms with E-state index in [1.54, 1.807) is 18.2 Å². The third-order valence-electron chi connectivity index (χ3n) is 3.24. The lowest BCUT2D eigenvalue weighted by Crippen LogP contribution is -2.18. The zero-order chi connectivity index (χ0) is 16.9. The van der Waals surface area contributed by atoms with Gasteiger partial charge >= 0.3 is 6.18 Å². The first-order valence-corrected chi connectivity index (χ1v) is 6.99. The molecule has 2 N–H and O–H groups in total. The number of nitrogens with zero attached hydrogens (tertiary/aromatic N) is 1. The second kappa shape index (κ2) is 7.13. The monoisotopic (exact) mass is 323 g/mol. The van der Waals surface area contributed by atoms with Crippen LogP contribution in [0.15, 0.2) is 42.6 Å². The number of halogens is 3. The number of anilines is 1. The molecule has 0 aliphatic carbocycles. The molecule has 2 rings (SSSR count). The Morgan fingerprint density at radius 2 is 2.00 bits per heavy atom. The van der Waals surface area contributed by atoms with Crippen LogP contribution < -0.4 is 10.6 Å². The van der Waals surface area contributed by atoms with Crippen molar-refractivity contribution in [2.24, 2.45) is 0 Å². The van der Waals surface area contributed by atoms with Gasteiger partial charge in [-0.25, -0.2) is 4.98 Å². The summed E-state index contributed by atoms with van der Waals surface area (Å²) in [6.45, 7) is 0.275. The number of carbonyl (C=O) groups excluding carboxylic acids is 1. The molecule has 0 bridgehead atoms. The van der Waals surface area contributed by atoms with Crippen LogP contribution in [0.25, 0.3) is 0 Å². The fourth-order valence-corrected chi connectivity index (χ4v) is 2.11. The van der Waals surface area contributed by atoms with Crippen molar-refractivity contribution in [2.45, 2.75) is 12.6 Å². The van der Waals surface area contributed by atoms with Crippen LogP contribution in [0.3, 0.4) is 0 Å². The zero-order valence-corrected chi connectivity index (χ0v) is 12.4. The number of rotatable bonds is 5. The van der Waals surface area contributed by atoms with Crippen molar-refractivity contribution in [3.8, 4) is 0 Å². The molecule has 0 saturated heterocycles. The van der Waals surface area contributed by atoms with Gasteiger partial charge in [-0.15, -0.1) is 0 Å². The van der Waals surface area contributed by atoms with Crippen LogP contribution in [0.2, 0.25) is 0 Å². The molecule has 1 aromatic heterocycles. The topological polar surface area (TPSA) is 54.0 Å².